The Morgan fingerprint density at radius 3 is 2.87 bits per heavy atom. The van der Waals surface area contributed by atoms with Crippen LogP contribution in [0, 0.1) is 0 Å². The molecule has 0 amide bonds. The summed E-state index contributed by atoms with van der Waals surface area (Å²) in [4.78, 5) is 10.9. The van der Waals surface area contributed by atoms with E-state index < -0.39 is 6.10 Å². The predicted octanol–water partition coefficient (Wildman–Crippen LogP) is 1.26. The van der Waals surface area contributed by atoms with Gasteiger partial charge in [-0.25, -0.2) is 0 Å². The standard InChI is InChI=1S/C11H20O4/c1-8-3-5-10(15-8)6-4-9(12)7-11(13)14-2/h8-10,12H,3-7H2,1-2H3/t8-,9+,10?/m1/s1. The fraction of sp³-hybridized carbons (Fsp3) is 0.909. The van der Waals surface area contributed by atoms with Crippen LogP contribution in [0.2, 0.25) is 0 Å². The fourth-order valence-electron chi connectivity index (χ4n) is 1.85. The minimum Gasteiger partial charge on any atom is -0.469 e. The van der Waals surface area contributed by atoms with Crippen molar-refractivity contribution >= 4 is 5.97 Å². The summed E-state index contributed by atoms with van der Waals surface area (Å²) in [7, 11) is 1.33. The van der Waals surface area contributed by atoms with Gasteiger partial charge in [0.2, 0.25) is 0 Å². The first-order valence-corrected chi connectivity index (χ1v) is 5.52. The summed E-state index contributed by atoms with van der Waals surface area (Å²) in [6.45, 7) is 2.06. The van der Waals surface area contributed by atoms with Crippen LogP contribution in [0.5, 0.6) is 0 Å². The normalized spacial score (nSPS) is 27.7. The number of aliphatic hydroxyl groups excluding tert-OH is 1. The number of carbonyl (C=O) groups excluding carboxylic acids is 1. The molecule has 88 valence electrons. The van der Waals surface area contributed by atoms with Crippen molar-refractivity contribution in [1.82, 2.24) is 0 Å². The van der Waals surface area contributed by atoms with Gasteiger partial charge >= 0.3 is 5.97 Å². The highest BCUT2D eigenvalue weighted by Crippen LogP contribution is 2.23. The van der Waals surface area contributed by atoms with Crippen LogP contribution in [0.4, 0.5) is 0 Å². The Hall–Kier alpha value is -0.610. The van der Waals surface area contributed by atoms with Crippen LogP contribution >= 0.6 is 0 Å². The Bertz CT molecular complexity index is 205. The highest BCUT2D eigenvalue weighted by Gasteiger charge is 2.22. The Kier molecular flexibility index (Phi) is 5.05. The molecule has 0 radical (unpaired) electrons. The quantitative estimate of drug-likeness (QED) is 0.703. The first-order chi connectivity index (χ1) is 7.11. The molecule has 1 aliphatic rings. The number of aliphatic hydroxyl groups is 1. The average Bonchev–Trinajstić information content (AvgIpc) is 2.61. The molecule has 4 heteroatoms. The van der Waals surface area contributed by atoms with E-state index in [2.05, 4.69) is 11.7 Å². The second kappa shape index (κ2) is 6.08. The average molecular weight is 216 g/mol. The fourth-order valence-corrected chi connectivity index (χ4v) is 1.85. The van der Waals surface area contributed by atoms with Gasteiger partial charge in [0.15, 0.2) is 0 Å². The zero-order valence-corrected chi connectivity index (χ0v) is 9.44. The maximum absolute atomic E-state index is 10.9. The van der Waals surface area contributed by atoms with E-state index in [4.69, 9.17) is 4.74 Å². The molecule has 0 aromatic heterocycles. The lowest BCUT2D eigenvalue weighted by molar-refractivity contribution is -0.143. The van der Waals surface area contributed by atoms with E-state index >= 15 is 0 Å². The van der Waals surface area contributed by atoms with Gasteiger partial charge < -0.3 is 14.6 Å². The Labute approximate surface area is 90.6 Å². The summed E-state index contributed by atoms with van der Waals surface area (Å²) in [5.41, 5.74) is 0. The Morgan fingerprint density at radius 2 is 2.33 bits per heavy atom. The molecule has 0 aromatic rings. The van der Waals surface area contributed by atoms with E-state index in [0.717, 1.165) is 19.3 Å². The Balaban J connectivity index is 2.11. The van der Waals surface area contributed by atoms with E-state index in [-0.39, 0.29) is 18.5 Å². The molecule has 1 fully saturated rings. The van der Waals surface area contributed by atoms with E-state index in [9.17, 15) is 9.90 Å². The molecule has 0 bridgehead atoms. The van der Waals surface area contributed by atoms with Crippen molar-refractivity contribution in [2.24, 2.45) is 0 Å². The monoisotopic (exact) mass is 216 g/mol. The number of hydrogen-bond donors (Lipinski definition) is 1. The van der Waals surface area contributed by atoms with Gasteiger partial charge in [-0.2, -0.15) is 0 Å². The molecule has 1 rings (SSSR count). The van der Waals surface area contributed by atoms with Crippen LogP contribution in [0.3, 0.4) is 0 Å². The lowest BCUT2D eigenvalue weighted by Crippen LogP contribution is -2.17. The van der Waals surface area contributed by atoms with Crippen molar-refractivity contribution in [3.05, 3.63) is 0 Å². The largest absolute Gasteiger partial charge is 0.469 e. The maximum Gasteiger partial charge on any atom is 0.308 e. The smallest absolute Gasteiger partial charge is 0.308 e. The zero-order chi connectivity index (χ0) is 11.3. The van der Waals surface area contributed by atoms with Crippen molar-refractivity contribution < 1.29 is 19.4 Å². The minimum absolute atomic E-state index is 0.0821. The molecule has 0 saturated carbocycles. The van der Waals surface area contributed by atoms with Crippen molar-refractivity contribution in [2.45, 2.75) is 57.3 Å². The molecule has 3 atom stereocenters. The number of hydrogen-bond acceptors (Lipinski definition) is 4. The summed E-state index contributed by atoms with van der Waals surface area (Å²) in [5, 5.41) is 9.52. The third-order valence-electron chi connectivity index (χ3n) is 2.77. The van der Waals surface area contributed by atoms with Crippen molar-refractivity contribution in [3.63, 3.8) is 0 Å². The van der Waals surface area contributed by atoms with Gasteiger partial charge in [-0.1, -0.05) is 0 Å². The SMILES string of the molecule is COC(=O)C[C@@H](O)CCC1CC[C@@H](C)O1. The van der Waals surface area contributed by atoms with Gasteiger partial charge in [0, 0.05) is 0 Å². The molecule has 1 heterocycles. The van der Waals surface area contributed by atoms with Gasteiger partial charge in [0.1, 0.15) is 0 Å². The molecule has 0 spiro atoms. The highest BCUT2D eigenvalue weighted by atomic mass is 16.5. The van der Waals surface area contributed by atoms with Crippen LogP contribution in [-0.2, 0) is 14.3 Å². The highest BCUT2D eigenvalue weighted by molar-refractivity contribution is 5.69. The van der Waals surface area contributed by atoms with Crippen molar-refractivity contribution in [1.29, 1.82) is 0 Å². The lowest BCUT2D eigenvalue weighted by Gasteiger charge is -2.13. The van der Waals surface area contributed by atoms with Crippen LogP contribution in [0.1, 0.15) is 39.0 Å². The first-order valence-electron chi connectivity index (χ1n) is 5.52. The molecule has 0 aromatic carbocycles. The van der Waals surface area contributed by atoms with E-state index in [1.165, 1.54) is 7.11 Å². The predicted molar refractivity (Wildman–Crippen MR) is 55.4 cm³/mol. The van der Waals surface area contributed by atoms with Gasteiger partial charge in [-0.3, -0.25) is 4.79 Å². The number of methoxy groups -OCH3 is 1. The molecule has 1 N–H and O–H groups in total. The summed E-state index contributed by atoms with van der Waals surface area (Å²) in [5.74, 6) is -0.358. The maximum atomic E-state index is 10.9. The molecule has 1 saturated heterocycles. The second-order valence-electron chi connectivity index (χ2n) is 4.16. The molecular formula is C11H20O4. The van der Waals surface area contributed by atoms with E-state index in [1.807, 2.05) is 0 Å². The number of carbonyl (C=O) groups is 1. The third-order valence-corrected chi connectivity index (χ3v) is 2.77. The van der Waals surface area contributed by atoms with Gasteiger partial charge in [0.05, 0.1) is 31.8 Å². The number of rotatable bonds is 5. The summed E-state index contributed by atoms with van der Waals surface area (Å²) in [6.07, 6.45) is 3.66. The summed E-state index contributed by atoms with van der Waals surface area (Å²) >= 11 is 0. The molecule has 4 nitrogen and oxygen atoms in total. The van der Waals surface area contributed by atoms with Crippen molar-refractivity contribution in [3.8, 4) is 0 Å². The topological polar surface area (TPSA) is 55.8 Å². The van der Waals surface area contributed by atoms with E-state index in [1.54, 1.807) is 0 Å². The van der Waals surface area contributed by atoms with Crippen LogP contribution in [0.15, 0.2) is 0 Å². The second-order valence-corrected chi connectivity index (χ2v) is 4.16. The van der Waals surface area contributed by atoms with Crippen LogP contribution in [-0.4, -0.2) is 36.5 Å². The van der Waals surface area contributed by atoms with Gasteiger partial charge in [0.25, 0.3) is 0 Å². The zero-order valence-electron chi connectivity index (χ0n) is 9.44. The van der Waals surface area contributed by atoms with Gasteiger partial charge in [-0.15, -0.1) is 0 Å². The molecule has 0 aliphatic carbocycles. The van der Waals surface area contributed by atoms with Crippen molar-refractivity contribution in [2.75, 3.05) is 7.11 Å². The number of ether oxygens (including phenoxy) is 2. The Morgan fingerprint density at radius 1 is 1.60 bits per heavy atom. The first kappa shape index (κ1) is 12.5. The molecule has 15 heavy (non-hydrogen) atoms. The summed E-state index contributed by atoms with van der Waals surface area (Å²) in [6, 6.07) is 0. The molecule has 1 aliphatic heterocycles. The lowest BCUT2D eigenvalue weighted by atomic mass is 10.1. The summed E-state index contributed by atoms with van der Waals surface area (Å²) < 4.78 is 10.1. The molecular weight excluding hydrogens is 196 g/mol. The third kappa shape index (κ3) is 4.62. The molecule has 1 unspecified atom stereocenters. The van der Waals surface area contributed by atoms with Crippen LogP contribution < -0.4 is 0 Å². The van der Waals surface area contributed by atoms with E-state index in [0.29, 0.717) is 12.5 Å². The van der Waals surface area contributed by atoms with Gasteiger partial charge in [-0.05, 0) is 32.6 Å². The minimum atomic E-state index is -0.600. The van der Waals surface area contributed by atoms with Crippen LogP contribution in [0.25, 0.3) is 0 Å². The number of esters is 1.